The van der Waals surface area contributed by atoms with Crippen LogP contribution in [0.15, 0.2) is 35.5 Å². The SMILES string of the molecule is CC(=O)C1=C(C)NC(=S)NC1c1ccccc1F. The van der Waals surface area contributed by atoms with Gasteiger partial charge in [0, 0.05) is 16.8 Å². The van der Waals surface area contributed by atoms with Crippen LogP contribution in [0.4, 0.5) is 4.39 Å². The van der Waals surface area contributed by atoms with Crippen molar-refractivity contribution in [1.29, 1.82) is 0 Å². The van der Waals surface area contributed by atoms with Crippen LogP contribution in [0, 0.1) is 5.82 Å². The number of Topliss-reactive ketones (excluding diaryl/α,β-unsaturated/α-hetero) is 1. The normalized spacial score (nSPS) is 19.3. The van der Waals surface area contributed by atoms with Gasteiger partial charge >= 0.3 is 0 Å². The highest BCUT2D eigenvalue weighted by Crippen LogP contribution is 2.28. The summed E-state index contributed by atoms with van der Waals surface area (Å²) in [5, 5.41) is 6.22. The Bertz CT molecular complexity index is 554. The molecule has 1 aromatic rings. The van der Waals surface area contributed by atoms with E-state index >= 15 is 0 Å². The monoisotopic (exact) mass is 264 g/mol. The zero-order chi connectivity index (χ0) is 13.3. The molecule has 0 saturated heterocycles. The molecule has 2 N–H and O–H groups in total. The highest BCUT2D eigenvalue weighted by molar-refractivity contribution is 7.80. The zero-order valence-corrected chi connectivity index (χ0v) is 10.9. The summed E-state index contributed by atoms with van der Waals surface area (Å²) >= 11 is 5.05. The van der Waals surface area contributed by atoms with E-state index in [9.17, 15) is 9.18 Å². The summed E-state index contributed by atoms with van der Waals surface area (Å²) in [7, 11) is 0. The number of benzene rings is 1. The second kappa shape index (κ2) is 4.86. The first-order valence-corrected chi connectivity index (χ1v) is 5.95. The number of ketones is 1. The number of allylic oxidation sites excluding steroid dienone is 1. The number of nitrogens with one attached hydrogen (secondary N) is 2. The molecule has 1 aliphatic heterocycles. The Hall–Kier alpha value is -1.75. The largest absolute Gasteiger partial charge is 0.351 e. The summed E-state index contributed by atoms with van der Waals surface area (Å²) in [4.78, 5) is 11.7. The molecule has 0 radical (unpaired) electrons. The average molecular weight is 264 g/mol. The predicted octanol–water partition coefficient (Wildman–Crippen LogP) is 2.21. The number of thiocarbonyl (C=S) groups is 1. The van der Waals surface area contributed by atoms with E-state index < -0.39 is 6.04 Å². The molecule has 1 aromatic carbocycles. The minimum absolute atomic E-state index is 0.108. The average Bonchev–Trinajstić information content (AvgIpc) is 2.27. The Morgan fingerprint density at radius 3 is 2.67 bits per heavy atom. The van der Waals surface area contributed by atoms with Crippen LogP contribution in [0.3, 0.4) is 0 Å². The van der Waals surface area contributed by atoms with Gasteiger partial charge < -0.3 is 10.6 Å². The molecule has 0 aromatic heterocycles. The van der Waals surface area contributed by atoms with Crippen LogP contribution in [0.25, 0.3) is 0 Å². The summed E-state index contributed by atoms with van der Waals surface area (Å²) in [6.07, 6.45) is 0. The lowest BCUT2D eigenvalue weighted by atomic mass is 9.93. The van der Waals surface area contributed by atoms with Gasteiger partial charge in [0.1, 0.15) is 5.82 Å². The standard InChI is InChI=1S/C13H13FN2OS/c1-7-11(8(2)17)12(16-13(18)15-7)9-5-3-4-6-10(9)14/h3-6,12H,1-2H3,(H2,15,16,18). The molecular formula is C13H13FN2OS. The van der Waals surface area contributed by atoms with Gasteiger partial charge in [-0.1, -0.05) is 18.2 Å². The first kappa shape index (κ1) is 12.7. The molecule has 94 valence electrons. The lowest BCUT2D eigenvalue weighted by Crippen LogP contribution is -2.44. The third kappa shape index (κ3) is 2.26. The van der Waals surface area contributed by atoms with Gasteiger partial charge in [-0.15, -0.1) is 0 Å². The molecule has 0 aliphatic carbocycles. The quantitative estimate of drug-likeness (QED) is 0.804. The van der Waals surface area contributed by atoms with Crippen LogP contribution in [0.1, 0.15) is 25.5 Å². The number of carbonyl (C=O) groups excluding carboxylic acids is 1. The van der Waals surface area contributed by atoms with E-state index in [4.69, 9.17) is 12.2 Å². The summed E-state index contributed by atoms with van der Waals surface area (Å²) in [5.74, 6) is -0.463. The first-order chi connectivity index (χ1) is 8.50. The van der Waals surface area contributed by atoms with E-state index in [2.05, 4.69) is 10.6 Å². The van der Waals surface area contributed by atoms with E-state index in [0.29, 0.717) is 21.9 Å². The van der Waals surface area contributed by atoms with Crippen molar-refractivity contribution < 1.29 is 9.18 Å². The number of halogens is 1. The van der Waals surface area contributed by atoms with Crippen molar-refractivity contribution >= 4 is 23.1 Å². The Morgan fingerprint density at radius 1 is 1.39 bits per heavy atom. The van der Waals surface area contributed by atoms with E-state index in [-0.39, 0.29) is 11.6 Å². The summed E-state index contributed by atoms with van der Waals surface area (Å²) in [6.45, 7) is 3.22. The number of rotatable bonds is 2. The summed E-state index contributed by atoms with van der Waals surface area (Å²) in [5.41, 5.74) is 1.60. The molecule has 0 spiro atoms. The maximum atomic E-state index is 13.8. The van der Waals surface area contributed by atoms with Gasteiger partial charge in [0.15, 0.2) is 10.9 Å². The van der Waals surface area contributed by atoms with Crippen LogP contribution in [-0.4, -0.2) is 10.9 Å². The Labute approximate surface area is 110 Å². The van der Waals surface area contributed by atoms with E-state index in [1.807, 2.05) is 0 Å². The molecule has 1 unspecified atom stereocenters. The highest BCUT2D eigenvalue weighted by Gasteiger charge is 2.29. The molecule has 0 amide bonds. The summed E-state index contributed by atoms with van der Waals surface area (Å²) < 4.78 is 13.8. The first-order valence-electron chi connectivity index (χ1n) is 5.54. The van der Waals surface area contributed by atoms with Crippen molar-refractivity contribution in [2.24, 2.45) is 0 Å². The number of carbonyl (C=O) groups is 1. The van der Waals surface area contributed by atoms with Crippen LogP contribution < -0.4 is 10.6 Å². The third-order valence-electron chi connectivity index (χ3n) is 2.86. The Kier molecular flexibility index (Phi) is 3.43. The molecule has 18 heavy (non-hydrogen) atoms. The van der Waals surface area contributed by atoms with Crippen molar-refractivity contribution in [3.63, 3.8) is 0 Å². The smallest absolute Gasteiger partial charge is 0.171 e. The predicted molar refractivity (Wildman–Crippen MR) is 71.4 cm³/mol. The molecule has 2 rings (SSSR count). The second-order valence-electron chi connectivity index (χ2n) is 4.15. The fraction of sp³-hybridized carbons (Fsp3) is 0.231. The van der Waals surface area contributed by atoms with Gasteiger partial charge in [-0.2, -0.15) is 0 Å². The lowest BCUT2D eigenvalue weighted by Gasteiger charge is -2.30. The molecule has 1 atom stereocenters. The number of hydrogen-bond donors (Lipinski definition) is 2. The summed E-state index contributed by atoms with van der Waals surface area (Å²) in [6, 6.07) is 5.84. The fourth-order valence-corrected chi connectivity index (χ4v) is 2.37. The van der Waals surface area contributed by atoms with Gasteiger partial charge in [-0.3, -0.25) is 4.79 Å². The molecule has 3 nitrogen and oxygen atoms in total. The van der Waals surface area contributed by atoms with Gasteiger partial charge in [0.05, 0.1) is 6.04 Å². The molecule has 0 bridgehead atoms. The number of hydrogen-bond acceptors (Lipinski definition) is 2. The Morgan fingerprint density at radius 2 is 2.06 bits per heavy atom. The van der Waals surface area contributed by atoms with Gasteiger partial charge in [-0.05, 0) is 32.1 Å². The topological polar surface area (TPSA) is 41.1 Å². The van der Waals surface area contributed by atoms with Crippen molar-refractivity contribution in [2.45, 2.75) is 19.9 Å². The lowest BCUT2D eigenvalue weighted by molar-refractivity contribution is -0.114. The van der Waals surface area contributed by atoms with Crippen LogP contribution in [0.2, 0.25) is 0 Å². The van der Waals surface area contributed by atoms with Crippen molar-refractivity contribution in [1.82, 2.24) is 10.6 Å². The molecule has 1 heterocycles. The maximum Gasteiger partial charge on any atom is 0.171 e. The van der Waals surface area contributed by atoms with Crippen LogP contribution in [0.5, 0.6) is 0 Å². The van der Waals surface area contributed by atoms with Crippen LogP contribution >= 0.6 is 12.2 Å². The van der Waals surface area contributed by atoms with E-state index in [1.54, 1.807) is 25.1 Å². The minimum Gasteiger partial charge on any atom is -0.351 e. The van der Waals surface area contributed by atoms with E-state index in [0.717, 1.165) is 0 Å². The molecule has 0 saturated carbocycles. The molecule has 0 fully saturated rings. The van der Waals surface area contributed by atoms with Crippen molar-refractivity contribution in [3.8, 4) is 0 Å². The van der Waals surface area contributed by atoms with Crippen molar-refractivity contribution in [2.75, 3.05) is 0 Å². The Balaban J connectivity index is 2.54. The second-order valence-corrected chi connectivity index (χ2v) is 4.56. The van der Waals surface area contributed by atoms with Gasteiger partial charge in [0.2, 0.25) is 0 Å². The third-order valence-corrected chi connectivity index (χ3v) is 3.08. The minimum atomic E-state index is -0.530. The van der Waals surface area contributed by atoms with Gasteiger partial charge in [0.25, 0.3) is 0 Å². The molecule has 5 heteroatoms. The highest BCUT2D eigenvalue weighted by atomic mass is 32.1. The van der Waals surface area contributed by atoms with Crippen LogP contribution in [-0.2, 0) is 4.79 Å². The zero-order valence-electron chi connectivity index (χ0n) is 10.1. The fourth-order valence-electron chi connectivity index (χ4n) is 2.10. The van der Waals surface area contributed by atoms with E-state index in [1.165, 1.54) is 13.0 Å². The molecule has 1 aliphatic rings. The molecular weight excluding hydrogens is 251 g/mol. The van der Waals surface area contributed by atoms with Gasteiger partial charge in [-0.25, -0.2) is 4.39 Å². The van der Waals surface area contributed by atoms with Crippen molar-refractivity contribution in [3.05, 3.63) is 46.9 Å². The maximum absolute atomic E-state index is 13.8.